The fourth-order valence-electron chi connectivity index (χ4n) is 1.45. The number of benzene rings is 1. The van der Waals surface area contributed by atoms with Crippen LogP contribution in [-0.4, -0.2) is 24.4 Å². The van der Waals surface area contributed by atoms with Crippen molar-refractivity contribution in [3.05, 3.63) is 35.6 Å². The van der Waals surface area contributed by atoms with Crippen molar-refractivity contribution >= 4 is 23.9 Å². The van der Waals surface area contributed by atoms with Crippen molar-refractivity contribution in [3.8, 4) is 0 Å². The molecular formula is C15H23FNO3PS. The summed E-state index contributed by atoms with van der Waals surface area (Å²) >= 11 is 1.27. The van der Waals surface area contributed by atoms with Crippen molar-refractivity contribution in [1.29, 1.82) is 0 Å². The lowest BCUT2D eigenvalue weighted by atomic mass is 10.2. The van der Waals surface area contributed by atoms with Gasteiger partial charge in [0.2, 0.25) is 0 Å². The van der Waals surface area contributed by atoms with Crippen molar-refractivity contribution < 1.29 is 18.3 Å². The fourth-order valence-corrected chi connectivity index (χ4v) is 5.23. The van der Waals surface area contributed by atoms with Crippen LogP contribution in [-0.2, 0) is 13.9 Å². The van der Waals surface area contributed by atoms with E-state index >= 15 is 0 Å². The van der Waals surface area contributed by atoms with Gasteiger partial charge in [-0.3, -0.25) is 4.57 Å². The smallest absolute Gasteiger partial charge is 0.304 e. The average Bonchev–Trinajstić information content (AvgIpc) is 2.50. The summed E-state index contributed by atoms with van der Waals surface area (Å²) in [7, 11) is 0. The highest BCUT2D eigenvalue weighted by atomic mass is 32.7. The SMILES string of the molecule is CCON=C(OP(=O)(CC)SCC(C)C)c1ccccc1F. The summed E-state index contributed by atoms with van der Waals surface area (Å²) < 4.78 is 32.4. The monoisotopic (exact) mass is 347 g/mol. The van der Waals surface area contributed by atoms with Crippen LogP contribution >= 0.6 is 18.0 Å². The van der Waals surface area contributed by atoms with E-state index in [1.807, 2.05) is 13.8 Å². The Kier molecular flexibility index (Phi) is 7.97. The standard InChI is InChI=1S/C15H23FNO3PS/c1-5-19-17-15(13-9-7-8-10-14(13)16)20-21(18,6-2)22-11-12(3)4/h7-10,12H,5-6,11H2,1-4H3. The van der Waals surface area contributed by atoms with E-state index in [1.165, 1.54) is 23.5 Å². The molecule has 0 heterocycles. The molecule has 0 aliphatic carbocycles. The van der Waals surface area contributed by atoms with Crippen molar-refractivity contribution in [2.24, 2.45) is 11.1 Å². The van der Waals surface area contributed by atoms with Crippen LogP contribution in [0.25, 0.3) is 0 Å². The molecule has 0 fully saturated rings. The highest BCUT2D eigenvalue weighted by Crippen LogP contribution is 2.60. The topological polar surface area (TPSA) is 47.9 Å². The van der Waals surface area contributed by atoms with E-state index in [1.54, 1.807) is 26.0 Å². The number of rotatable bonds is 8. The first-order valence-electron chi connectivity index (χ1n) is 7.30. The van der Waals surface area contributed by atoms with Gasteiger partial charge in [0.1, 0.15) is 12.4 Å². The first-order chi connectivity index (χ1) is 10.4. The van der Waals surface area contributed by atoms with Crippen LogP contribution in [0.3, 0.4) is 0 Å². The number of hydrogen-bond acceptors (Lipinski definition) is 5. The van der Waals surface area contributed by atoms with E-state index in [9.17, 15) is 8.96 Å². The summed E-state index contributed by atoms with van der Waals surface area (Å²) in [4.78, 5) is 4.99. The van der Waals surface area contributed by atoms with Crippen LogP contribution in [0, 0.1) is 11.7 Å². The van der Waals surface area contributed by atoms with Gasteiger partial charge in [-0.25, -0.2) is 4.39 Å². The van der Waals surface area contributed by atoms with E-state index in [0.29, 0.717) is 24.4 Å². The number of nitrogens with zero attached hydrogens (tertiary/aromatic N) is 1. The maximum absolute atomic E-state index is 13.9. The Morgan fingerprint density at radius 3 is 2.59 bits per heavy atom. The zero-order valence-electron chi connectivity index (χ0n) is 13.4. The minimum absolute atomic E-state index is 0.0682. The van der Waals surface area contributed by atoms with Crippen LogP contribution in [0.15, 0.2) is 29.4 Å². The molecule has 0 aromatic heterocycles. The maximum atomic E-state index is 13.9. The molecule has 1 unspecified atom stereocenters. The van der Waals surface area contributed by atoms with Crippen LogP contribution in [0.2, 0.25) is 0 Å². The number of oxime groups is 1. The van der Waals surface area contributed by atoms with Gasteiger partial charge >= 0.3 is 6.57 Å². The second-order valence-electron chi connectivity index (χ2n) is 5.00. The molecule has 7 heteroatoms. The first kappa shape index (κ1) is 19.0. The highest BCUT2D eigenvalue weighted by molar-refractivity contribution is 8.56. The fraction of sp³-hybridized carbons (Fsp3) is 0.533. The lowest BCUT2D eigenvalue weighted by molar-refractivity contribution is 0.153. The van der Waals surface area contributed by atoms with Crippen molar-refractivity contribution in [3.63, 3.8) is 0 Å². The molecule has 0 radical (unpaired) electrons. The molecule has 1 rings (SSSR count). The molecule has 0 N–H and O–H groups in total. The molecule has 0 saturated carbocycles. The molecular weight excluding hydrogens is 324 g/mol. The van der Waals surface area contributed by atoms with E-state index in [-0.39, 0.29) is 11.5 Å². The Labute approximate surface area is 135 Å². The van der Waals surface area contributed by atoms with Gasteiger partial charge in [0.15, 0.2) is 0 Å². The summed E-state index contributed by atoms with van der Waals surface area (Å²) in [6.45, 7) is 4.95. The van der Waals surface area contributed by atoms with Gasteiger partial charge in [0, 0.05) is 11.9 Å². The largest absolute Gasteiger partial charge is 0.414 e. The quantitative estimate of drug-likeness (QED) is 0.283. The van der Waals surface area contributed by atoms with E-state index < -0.39 is 12.4 Å². The predicted molar refractivity (Wildman–Crippen MR) is 91.1 cm³/mol. The number of halogens is 1. The second kappa shape index (κ2) is 9.21. The lowest BCUT2D eigenvalue weighted by Crippen LogP contribution is -2.09. The summed E-state index contributed by atoms with van der Waals surface area (Å²) in [5, 5.41) is 3.80. The molecule has 1 aromatic rings. The van der Waals surface area contributed by atoms with Gasteiger partial charge in [0.25, 0.3) is 5.90 Å². The Morgan fingerprint density at radius 2 is 2.05 bits per heavy atom. The van der Waals surface area contributed by atoms with Crippen LogP contribution < -0.4 is 0 Å². The summed E-state index contributed by atoms with van der Waals surface area (Å²) in [5.74, 6) is 0.526. The van der Waals surface area contributed by atoms with Crippen molar-refractivity contribution in [2.75, 3.05) is 18.5 Å². The molecule has 4 nitrogen and oxygen atoms in total. The molecule has 0 saturated heterocycles. The van der Waals surface area contributed by atoms with E-state index in [2.05, 4.69) is 5.16 Å². The van der Waals surface area contributed by atoms with Crippen LogP contribution in [0.4, 0.5) is 4.39 Å². The molecule has 0 bridgehead atoms. The first-order valence-corrected chi connectivity index (χ1v) is 10.7. The normalized spacial score (nSPS) is 14.7. The zero-order chi connectivity index (χ0) is 16.6. The van der Waals surface area contributed by atoms with Gasteiger partial charge < -0.3 is 9.36 Å². The molecule has 1 aromatic carbocycles. The molecule has 1 atom stereocenters. The van der Waals surface area contributed by atoms with Gasteiger partial charge in [-0.15, -0.1) is 0 Å². The third kappa shape index (κ3) is 6.01. The molecule has 0 amide bonds. The molecule has 124 valence electrons. The predicted octanol–water partition coefficient (Wildman–Crippen LogP) is 5.14. The van der Waals surface area contributed by atoms with Gasteiger partial charge in [-0.05, 0) is 30.1 Å². The van der Waals surface area contributed by atoms with Crippen LogP contribution in [0.5, 0.6) is 0 Å². The van der Waals surface area contributed by atoms with Crippen LogP contribution in [0.1, 0.15) is 33.3 Å². The Hall–Kier alpha value is -1.00. The third-order valence-electron chi connectivity index (χ3n) is 2.60. The van der Waals surface area contributed by atoms with Crippen molar-refractivity contribution in [2.45, 2.75) is 27.7 Å². The summed E-state index contributed by atoms with van der Waals surface area (Å²) in [6, 6.07) is 6.07. The van der Waals surface area contributed by atoms with Gasteiger partial charge in [-0.2, -0.15) is 0 Å². The van der Waals surface area contributed by atoms with E-state index in [0.717, 1.165) is 0 Å². The minimum Gasteiger partial charge on any atom is -0.414 e. The van der Waals surface area contributed by atoms with Gasteiger partial charge in [0.05, 0.1) is 5.56 Å². The second-order valence-corrected chi connectivity index (χ2v) is 10.1. The van der Waals surface area contributed by atoms with Gasteiger partial charge in [-0.1, -0.05) is 44.3 Å². The highest BCUT2D eigenvalue weighted by Gasteiger charge is 2.27. The maximum Gasteiger partial charge on any atom is 0.304 e. The summed E-state index contributed by atoms with van der Waals surface area (Å²) in [5.41, 5.74) is 0.148. The lowest BCUT2D eigenvalue weighted by Gasteiger charge is -2.19. The van der Waals surface area contributed by atoms with Crippen molar-refractivity contribution in [1.82, 2.24) is 0 Å². The molecule has 0 aliphatic rings. The Balaban J connectivity index is 3.03. The number of hydrogen-bond donors (Lipinski definition) is 0. The molecule has 0 spiro atoms. The third-order valence-corrected chi connectivity index (χ3v) is 7.66. The Bertz CT molecular complexity index is 551. The Morgan fingerprint density at radius 1 is 1.36 bits per heavy atom. The minimum atomic E-state index is -3.00. The zero-order valence-corrected chi connectivity index (χ0v) is 15.1. The average molecular weight is 347 g/mol. The van der Waals surface area contributed by atoms with E-state index in [4.69, 9.17) is 9.36 Å². The molecule has 22 heavy (non-hydrogen) atoms. The summed E-state index contributed by atoms with van der Waals surface area (Å²) in [6.07, 6.45) is 0.337. The molecule has 0 aliphatic heterocycles.